The zero-order chi connectivity index (χ0) is 13.2. The first-order valence-corrected chi connectivity index (χ1v) is 6.08. The molecular formula is C12H11ClN6. The Morgan fingerprint density at radius 1 is 1.26 bits per heavy atom. The van der Waals surface area contributed by atoms with Crippen LogP contribution in [0.2, 0.25) is 5.28 Å². The molecule has 0 radical (unpaired) electrons. The van der Waals surface area contributed by atoms with Crippen molar-refractivity contribution in [1.29, 1.82) is 0 Å². The SMILES string of the molecule is CN(Cc1ccncc1)c1nc(Cl)nc2nc[nH]c12. The Balaban J connectivity index is 1.97. The van der Waals surface area contributed by atoms with E-state index in [1.54, 1.807) is 18.7 Å². The molecule has 0 aliphatic rings. The van der Waals surface area contributed by atoms with Crippen LogP contribution in [0.3, 0.4) is 0 Å². The summed E-state index contributed by atoms with van der Waals surface area (Å²) >= 11 is 5.92. The second-order valence-corrected chi connectivity index (χ2v) is 4.47. The van der Waals surface area contributed by atoms with E-state index in [-0.39, 0.29) is 5.28 Å². The van der Waals surface area contributed by atoms with Crippen LogP contribution >= 0.6 is 11.6 Å². The Morgan fingerprint density at radius 3 is 2.84 bits per heavy atom. The van der Waals surface area contributed by atoms with E-state index >= 15 is 0 Å². The maximum atomic E-state index is 5.92. The van der Waals surface area contributed by atoms with Crippen molar-refractivity contribution < 1.29 is 0 Å². The third kappa shape index (κ3) is 2.34. The predicted molar refractivity (Wildman–Crippen MR) is 73.0 cm³/mol. The van der Waals surface area contributed by atoms with Crippen LogP contribution in [-0.2, 0) is 6.54 Å². The van der Waals surface area contributed by atoms with Crippen molar-refractivity contribution in [2.45, 2.75) is 6.54 Å². The molecule has 3 rings (SSSR count). The van der Waals surface area contributed by atoms with Gasteiger partial charge in [-0.05, 0) is 29.3 Å². The number of hydrogen-bond acceptors (Lipinski definition) is 5. The van der Waals surface area contributed by atoms with Gasteiger partial charge in [0.1, 0.15) is 5.52 Å². The van der Waals surface area contributed by atoms with Crippen molar-refractivity contribution in [3.8, 4) is 0 Å². The highest BCUT2D eigenvalue weighted by Gasteiger charge is 2.13. The largest absolute Gasteiger partial charge is 0.353 e. The smallest absolute Gasteiger partial charge is 0.226 e. The molecule has 7 heteroatoms. The van der Waals surface area contributed by atoms with Gasteiger partial charge in [-0.1, -0.05) is 0 Å². The molecule has 96 valence electrons. The normalized spacial score (nSPS) is 10.8. The van der Waals surface area contributed by atoms with E-state index in [0.29, 0.717) is 12.2 Å². The maximum absolute atomic E-state index is 5.92. The van der Waals surface area contributed by atoms with E-state index < -0.39 is 0 Å². The van der Waals surface area contributed by atoms with Gasteiger partial charge in [0.2, 0.25) is 5.28 Å². The van der Waals surface area contributed by atoms with Crippen LogP contribution in [0.25, 0.3) is 11.2 Å². The Labute approximate surface area is 114 Å². The van der Waals surface area contributed by atoms with Crippen molar-refractivity contribution in [3.63, 3.8) is 0 Å². The topological polar surface area (TPSA) is 70.6 Å². The Kier molecular flexibility index (Phi) is 3.00. The molecule has 0 saturated heterocycles. The summed E-state index contributed by atoms with van der Waals surface area (Å²) in [6, 6.07) is 3.92. The molecule has 0 bridgehead atoms. The average molecular weight is 275 g/mol. The number of hydrogen-bond donors (Lipinski definition) is 1. The monoisotopic (exact) mass is 274 g/mol. The quantitative estimate of drug-likeness (QED) is 0.740. The summed E-state index contributed by atoms with van der Waals surface area (Å²) < 4.78 is 0. The molecule has 3 heterocycles. The highest BCUT2D eigenvalue weighted by atomic mass is 35.5. The Morgan fingerprint density at radius 2 is 2.05 bits per heavy atom. The number of anilines is 1. The van der Waals surface area contributed by atoms with E-state index in [1.807, 2.05) is 24.1 Å². The molecule has 0 aromatic carbocycles. The molecule has 0 aliphatic carbocycles. The van der Waals surface area contributed by atoms with Crippen LogP contribution in [0.1, 0.15) is 5.56 Å². The summed E-state index contributed by atoms with van der Waals surface area (Å²) in [7, 11) is 1.94. The molecule has 3 aromatic heterocycles. The lowest BCUT2D eigenvalue weighted by Crippen LogP contribution is -2.18. The number of rotatable bonds is 3. The minimum Gasteiger partial charge on any atom is -0.353 e. The van der Waals surface area contributed by atoms with E-state index in [2.05, 4.69) is 24.9 Å². The molecule has 0 aliphatic heterocycles. The van der Waals surface area contributed by atoms with Crippen LogP contribution in [0, 0.1) is 0 Å². The number of halogens is 1. The van der Waals surface area contributed by atoms with Crippen molar-refractivity contribution in [1.82, 2.24) is 24.9 Å². The first-order valence-electron chi connectivity index (χ1n) is 5.70. The third-order valence-corrected chi connectivity index (χ3v) is 2.94. The number of imidazole rings is 1. The fourth-order valence-corrected chi connectivity index (χ4v) is 2.07. The number of pyridine rings is 1. The summed E-state index contributed by atoms with van der Waals surface area (Å²) in [5, 5.41) is 0.191. The minimum absolute atomic E-state index is 0.191. The van der Waals surface area contributed by atoms with Crippen LogP contribution in [0.4, 0.5) is 5.82 Å². The van der Waals surface area contributed by atoms with E-state index in [1.165, 1.54) is 0 Å². The highest BCUT2D eigenvalue weighted by molar-refractivity contribution is 6.28. The van der Waals surface area contributed by atoms with Gasteiger partial charge in [-0.25, -0.2) is 4.98 Å². The van der Waals surface area contributed by atoms with Gasteiger partial charge in [0.25, 0.3) is 0 Å². The fraction of sp³-hybridized carbons (Fsp3) is 0.167. The first-order chi connectivity index (χ1) is 9.24. The lowest BCUT2D eigenvalue weighted by atomic mass is 10.2. The molecule has 19 heavy (non-hydrogen) atoms. The standard InChI is InChI=1S/C12H11ClN6/c1-19(6-8-2-4-14-5-3-8)11-9-10(16-7-15-9)17-12(13)18-11/h2-5,7H,6H2,1H3,(H,15,16,17,18). The predicted octanol–water partition coefficient (Wildman–Crippen LogP) is 2.04. The Hall–Kier alpha value is -2.21. The molecule has 0 atom stereocenters. The van der Waals surface area contributed by atoms with Crippen LogP contribution < -0.4 is 4.90 Å². The zero-order valence-corrected chi connectivity index (χ0v) is 11.0. The lowest BCUT2D eigenvalue weighted by molar-refractivity contribution is 0.895. The lowest BCUT2D eigenvalue weighted by Gasteiger charge is -2.18. The van der Waals surface area contributed by atoms with Gasteiger partial charge < -0.3 is 9.88 Å². The van der Waals surface area contributed by atoms with Gasteiger partial charge in [0.05, 0.1) is 6.33 Å². The molecule has 1 N–H and O–H groups in total. The summed E-state index contributed by atoms with van der Waals surface area (Å²) in [5.41, 5.74) is 2.48. The fourth-order valence-electron chi connectivity index (χ4n) is 1.91. The molecule has 0 spiro atoms. The van der Waals surface area contributed by atoms with Gasteiger partial charge in [0.15, 0.2) is 11.5 Å². The molecule has 0 saturated carbocycles. The second-order valence-electron chi connectivity index (χ2n) is 4.13. The second kappa shape index (κ2) is 4.81. The number of aromatic amines is 1. The van der Waals surface area contributed by atoms with Crippen molar-refractivity contribution in [3.05, 3.63) is 41.7 Å². The summed E-state index contributed by atoms with van der Waals surface area (Å²) in [6.45, 7) is 0.698. The molecule has 0 unspecified atom stereocenters. The number of fused-ring (bicyclic) bond motifs is 1. The number of nitrogens with zero attached hydrogens (tertiary/aromatic N) is 5. The molecule has 0 amide bonds. The molecule has 3 aromatic rings. The van der Waals surface area contributed by atoms with Crippen LogP contribution in [-0.4, -0.2) is 32.0 Å². The molecular weight excluding hydrogens is 264 g/mol. The average Bonchev–Trinajstić information content (AvgIpc) is 2.86. The zero-order valence-electron chi connectivity index (χ0n) is 10.2. The minimum atomic E-state index is 0.191. The van der Waals surface area contributed by atoms with Gasteiger partial charge in [-0.3, -0.25) is 4.98 Å². The van der Waals surface area contributed by atoms with E-state index in [0.717, 1.165) is 16.9 Å². The van der Waals surface area contributed by atoms with Crippen LogP contribution in [0.5, 0.6) is 0 Å². The summed E-state index contributed by atoms with van der Waals surface area (Å²) in [6.07, 6.45) is 5.11. The maximum Gasteiger partial charge on any atom is 0.226 e. The number of nitrogens with one attached hydrogen (secondary N) is 1. The van der Waals surface area contributed by atoms with Gasteiger partial charge >= 0.3 is 0 Å². The third-order valence-electron chi connectivity index (χ3n) is 2.77. The number of aromatic nitrogens is 5. The van der Waals surface area contributed by atoms with E-state index in [4.69, 9.17) is 11.6 Å². The van der Waals surface area contributed by atoms with E-state index in [9.17, 15) is 0 Å². The molecule has 6 nitrogen and oxygen atoms in total. The molecule has 0 fully saturated rings. The van der Waals surface area contributed by atoms with Gasteiger partial charge in [0, 0.05) is 26.0 Å². The Bertz CT molecular complexity index is 696. The summed E-state index contributed by atoms with van der Waals surface area (Å²) in [5.74, 6) is 0.726. The van der Waals surface area contributed by atoms with Gasteiger partial charge in [-0.2, -0.15) is 9.97 Å². The van der Waals surface area contributed by atoms with Crippen molar-refractivity contribution in [2.24, 2.45) is 0 Å². The van der Waals surface area contributed by atoms with Crippen molar-refractivity contribution >= 4 is 28.6 Å². The van der Waals surface area contributed by atoms with Crippen molar-refractivity contribution in [2.75, 3.05) is 11.9 Å². The van der Waals surface area contributed by atoms with Gasteiger partial charge in [-0.15, -0.1) is 0 Å². The first kappa shape index (κ1) is 11.9. The number of H-pyrrole nitrogens is 1. The highest BCUT2D eigenvalue weighted by Crippen LogP contribution is 2.22. The van der Waals surface area contributed by atoms with Crippen LogP contribution in [0.15, 0.2) is 30.9 Å². The summed E-state index contributed by atoms with van der Waals surface area (Å²) in [4.78, 5) is 21.4.